The number of imidazole rings is 1. The van der Waals surface area contributed by atoms with Crippen LogP contribution in [0.2, 0.25) is 0 Å². The number of likely N-dealkylation sites (tertiary alicyclic amines) is 1. The third kappa shape index (κ3) is 3.29. The molecule has 1 saturated heterocycles. The Hall–Kier alpha value is -2.83. The molecule has 1 atom stereocenters. The Kier molecular flexibility index (Phi) is 4.59. The van der Waals surface area contributed by atoms with Crippen molar-refractivity contribution < 1.29 is 14.3 Å². The van der Waals surface area contributed by atoms with E-state index in [1.54, 1.807) is 12.0 Å². The van der Waals surface area contributed by atoms with Gasteiger partial charge in [0, 0.05) is 31.5 Å². The average molecular weight is 368 g/mol. The number of amides is 2. The number of benzene rings is 1. The molecule has 0 spiro atoms. The first-order chi connectivity index (χ1) is 13.1. The number of H-pyrrole nitrogens is 1. The molecule has 0 saturated carbocycles. The molecule has 1 fully saturated rings. The molecule has 7 nitrogen and oxygen atoms in total. The number of nitrogens with zero attached hydrogens (tertiary/aromatic N) is 3. The predicted octanol–water partition coefficient (Wildman–Crippen LogP) is 1.98. The summed E-state index contributed by atoms with van der Waals surface area (Å²) in [5.41, 5.74) is 2.92. The molecule has 0 aliphatic carbocycles. The zero-order chi connectivity index (χ0) is 19.0. The van der Waals surface area contributed by atoms with Crippen molar-refractivity contribution in [3.05, 3.63) is 35.7 Å². The van der Waals surface area contributed by atoms with E-state index in [4.69, 9.17) is 9.72 Å². The summed E-state index contributed by atoms with van der Waals surface area (Å²) in [6.07, 6.45) is 2.10. The fourth-order valence-electron chi connectivity index (χ4n) is 3.87. The number of ether oxygens (including phenoxy) is 1. The number of methoxy groups -OCH3 is 1. The van der Waals surface area contributed by atoms with E-state index >= 15 is 0 Å². The number of fused-ring (bicyclic) bond motifs is 1. The van der Waals surface area contributed by atoms with Crippen LogP contribution in [0, 0.1) is 0 Å². The van der Waals surface area contributed by atoms with Gasteiger partial charge in [-0.25, -0.2) is 4.98 Å². The summed E-state index contributed by atoms with van der Waals surface area (Å²) in [6, 6.07) is 7.35. The minimum Gasteiger partial charge on any atom is -0.497 e. The van der Waals surface area contributed by atoms with Gasteiger partial charge in [-0.15, -0.1) is 0 Å². The first kappa shape index (κ1) is 17.6. The van der Waals surface area contributed by atoms with Gasteiger partial charge in [0.25, 0.3) is 0 Å². The van der Waals surface area contributed by atoms with E-state index in [2.05, 4.69) is 4.98 Å². The maximum absolute atomic E-state index is 12.9. The molecule has 2 aliphatic rings. The molecule has 1 aromatic carbocycles. The van der Waals surface area contributed by atoms with Crippen LogP contribution in [0.15, 0.2) is 24.3 Å². The van der Waals surface area contributed by atoms with Crippen LogP contribution in [0.3, 0.4) is 0 Å². The Morgan fingerprint density at radius 1 is 1.30 bits per heavy atom. The molecule has 142 valence electrons. The van der Waals surface area contributed by atoms with Gasteiger partial charge in [0.15, 0.2) is 0 Å². The minimum atomic E-state index is -0.401. The molecule has 1 N–H and O–H groups in total. The van der Waals surface area contributed by atoms with Crippen LogP contribution < -0.4 is 4.74 Å². The maximum atomic E-state index is 12.9. The zero-order valence-electron chi connectivity index (χ0n) is 15.7. The van der Waals surface area contributed by atoms with Crippen LogP contribution in [0.4, 0.5) is 0 Å². The molecule has 2 amide bonds. The summed E-state index contributed by atoms with van der Waals surface area (Å²) in [6.45, 7) is 3.63. The van der Waals surface area contributed by atoms with Gasteiger partial charge in [-0.3, -0.25) is 9.59 Å². The lowest BCUT2D eigenvalue weighted by Gasteiger charge is -2.32. The number of aromatic amines is 1. The molecule has 0 bridgehead atoms. The Bertz CT molecular complexity index is 876. The Balaban J connectivity index is 1.50. The first-order valence-electron chi connectivity index (χ1n) is 9.37. The number of carbonyl (C=O) groups is 2. The molecule has 27 heavy (non-hydrogen) atoms. The SMILES string of the molecule is COc1cccc(-c2nc3c([nH]2)CN(C(=O)[C@H](C)N2CCCC2=O)CC3)c1. The highest BCUT2D eigenvalue weighted by Crippen LogP contribution is 2.26. The van der Waals surface area contributed by atoms with Gasteiger partial charge in [0.05, 0.1) is 25.0 Å². The van der Waals surface area contributed by atoms with Crippen molar-refractivity contribution in [1.29, 1.82) is 0 Å². The molecule has 4 rings (SSSR count). The van der Waals surface area contributed by atoms with Crippen molar-refractivity contribution in [2.24, 2.45) is 0 Å². The number of rotatable bonds is 4. The standard InChI is InChI=1S/C20H24N4O3/c1-13(24-9-4-7-18(24)25)20(26)23-10-8-16-17(12-23)22-19(21-16)14-5-3-6-15(11-14)27-2/h3,5-6,11,13H,4,7-10,12H2,1-2H3,(H,21,22)/t13-/m0/s1. The largest absolute Gasteiger partial charge is 0.497 e. The number of hydrogen-bond acceptors (Lipinski definition) is 4. The maximum Gasteiger partial charge on any atom is 0.245 e. The van der Waals surface area contributed by atoms with E-state index in [0.717, 1.165) is 34.9 Å². The molecule has 2 aromatic rings. The summed E-state index contributed by atoms with van der Waals surface area (Å²) >= 11 is 0. The second-order valence-electron chi connectivity index (χ2n) is 7.12. The highest BCUT2D eigenvalue weighted by atomic mass is 16.5. The van der Waals surface area contributed by atoms with Gasteiger partial charge < -0.3 is 19.5 Å². The van der Waals surface area contributed by atoms with E-state index in [1.165, 1.54) is 0 Å². The molecule has 2 aliphatic heterocycles. The number of nitrogens with one attached hydrogen (secondary N) is 1. The highest BCUT2D eigenvalue weighted by Gasteiger charge is 2.33. The van der Waals surface area contributed by atoms with Crippen molar-refractivity contribution in [2.45, 2.75) is 38.8 Å². The lowest BCUT2D eigenvalue weighted by molar-refractivity contribution is -0.143. The monoisotopic (exact) mass is 368 g/mol. The van der Waals surface area contributed by atoms with Gasteiger partial charge in [-0.05, 0) is 25.5 Å². The second kappa shape index (κ2) is 7.06. The predicted molar refractivity (Wildman–Crippen MR) is 100 cm³/mol. The van der Waals surface area contributed by atoms with Crippen LogP contribution in [0.25, 0.3) is 11.4 Å². The fourth-order valence-corrected chi connectivity index (χ4v) is 3.87. The molecular formula is C20H24N4O3. The first-order valence-corrected chi connectivity index (χ1v) is 9.37. The van der Waals surface area contributed by atoms with Gasteiger partial charge in [0.2, 0.25) is 11.8 Å². The van der Waals surface area contributed by atoms with Crippen molar-refractivity contribution in [3.63, 3.8) is 0 Å². The van der Waals surface area contributed by atoms with Crippen LogP contribution in [0.5, 0.6) is 5.75 Å². The van der Waals surface area contributed by atoms with E-state index in [0.29, 0.717) is 32.5 Å². The molecule has 0 unspecified atom stereocenters. The van der Waals surface area contributed by atoms with Crippen LogP contribution in [0.1, 0.15) is 31.2 Å². The summed E-state index contributed by atoms with van der Waals surface area (Å²) in [7, 11) is 1.64. The van der Waals surface area contributed by atoms with Crippen molar-refractivity contribution in [1.82, 2.24) is 19.8 Å². The quantitative estimate of drug-likeness (QED) is 0.895. The van der Waals surface area contributed by atoms with E-state index in [1.807, 2.05) is 36.1 Å². The molecule has 7 heteroatoms. The fraction of sp³-hybridized carbons (Fsp3) is 0.450. The van der Waals surface area contributed by atoms with Gasteiger partial charge in [0.1, 0.15) is 17.6 Å². The number of carbonyl (C=O) groups excluding carboxylic acids is 2. The summed E-state index contributed by atoms with van der Waals surface area (Å²) in [4.78, 5) is 36.4. The lowest BCUT2D eigenvalue weighted by Crippen LogP contribution is -2.49. The van der Waals surface area contributed by atoms with Crippen molar-refractivity contribution in [3.8, 4) is 17.1 Å². The van der Waals surface area contributed by atoms with Crippen molar-refractivity contribution in [2.75, 3.05) is 20.2 Å². The van der Waals surface area contributed by atoms with Gasteiger partial charge in [-0.1, -0.05) is 12.1 Å². The number of hydrogen-bond donors (Lipinski definition) is 1. The van der Waals surface area contributed by atoms with Gasteiger partial charge in [-0.2, -0.15) is 0 Å². The van der Waals surface area contributed by atoms with Gasteiger partial charge >= 0.3 is 0 Å². The Morgan fingerprint density at radius 3 is 2.89 bits per heavy atom. The van der Waals surface area contributed by atoms with Crippen LogP contribution in [-0.4, -0.2) is 57.8 Å². The third-order valence-electron chi connectivity index (χ3n) is 5.42. The Labute approximate surface area is 158 Å². The Morgan fingerprint density at radius 2 is 2.15 bits per heavy atom. The smallest absolute Gasteiger partial charge is 0.245 e. The summed E-state index contributed by atoms with van der Waals surface area (Å²) in [5, 5.41) is 0. The molecule has 1 aromatic heterocycles. The topological polar surface area (TPSA) is 78.5 Å². The zero-order valence-corrected chi connectivity index (χ0v) is 15.7. The summed E-state index contributed by atoms with van der Waals surface area (Å²) < 4.78 is 5.28. The summed E-state index contributed by atoms with van der Waals surface area (Å²) in [5.74, 6) is 1.66. The van der Waals surface area contributed by atoms with Crippen molar-refractivity contribution >= 4 is 11.8 Å². The minimum absolute atomic E-state index is 0.00781. The third-order valence-corrected chi connectivity index (χ3v) is 5.42. The van der Waals surface area contributed by atoms with E-state index in [-0.39, 0.29) is 11.8 Å². The molecular weight excluding hydrogens is 344 g/mol. The molecule has 3 heterocycles. The van der Waals surface area contributed by atoms with E-state index < -0.39 is 6.04 Å². The highest BCUT2D eigenvalue weighted by molar-refractivity contribution is 5.88. The number of aromatic nitrogens is 2. The average Bonchev–Trinajstić information content (AvgIpc) is 3.32. The lowest BCUT2D eigenvalue weighted by atomic mass is 10.1. The normalized spacial score (nSPS) is 17.8. The second-order valence-corrected chi connectivity index (χ2v) is 7.12. The van der Waals surface area contributed by atoms with E-state index in [9.17, 15) is 9.59 Å². The molecule has 0 radical (unpaired) electrons. The van der Waals surface area contributed by atoms with Crippen LogP contribution in [-0.2, 0) is 22.6 Å². The van der Waals surface area contributed by atoms with Crippen LogP contribution >= 0.6 is 0 Å².